The SMILES string of the molecule is COC1C[C@H](OCc2ccccc2)[C@H](OCc2ccccc2)[C@H](OCc2ccccc2)[C@@H](COCc2ccccc2)O1. The summed E-state index contributed by atoms with van der Waals surface area (Å²) in [6, 6.07) is 40.6. The van der Waals surface area contributed by atoms with Crippen molar-refractivity contribution in [2.75, 3.05) is 13.7 Å². The smallest absolute Gasteiger partial charge is 0.160 e. The first kappa shape index (κ1) is 30.1. The molecule has 1 aliphatic rings. The molecule has 0 N–H and O–H groups in total. The second-order valence-electron chi connectivity index (χ2n) is 10.4. The van der Waals surface area contributed by atoms with Crippen LogP contribution in [0.1, 0.15) is 28.7 Å². The molecule has 4 aromatic rings. The fourth-order valence-electron chi connectivity index (χ4n) is 5.11. The van der Waals surface area contributed by atoms with E-state index < -0.39 is 24.6 Å². The van der Waals surface area contributed by atoms with Gasteiger partial charge < -0.3 is 28.4 Å². The number of ether oxygens (including phenoxy) is 6. The van der Waals surface area contributed by atoms with Gasteiger partial charge in [0.1, 0.15) is 18.3 Å². The van der Waals surface area contributed by atoms with Gasteiger partial charge >= 0.3 is 0 Å². The summed E-state index contributed by atoms with van der Waals surface area (Å²) in [5, 5.41) is 0. The number of benzene rings is 4. The molecule has 42 heavy (non-hydrogen) atoms. The summed E-state index contributed by atoms with van der Waals surface area (Å²) in [6.45, 7) is 2.03. The fourth-order valence-corrected chi connectivity index (χ4v) is 5.11. The Labute approximate surface area is 249 Å². The van der Waals surface area contributed by atoms with Crippen LogP contribution in [-0.4, -0.2) is 44.4 Å². The van der Waals surface area contributed by atoms with E-state index in [9.17, 15) is 0 Å². The van der Waals surface area contributed by atoms with Crippen molar-refractivity contribution in [3.63, 3.8) is 0 Å². The van der Waals surface area contributed by atoms with E-state index in [1.54, 1.807) is 7.11 Å². The Bertz CT molecular complexity index is 1270. The molecule has 1 aliphatic heterocycles. The van der Waals surface area contributed by atoms with Gasteiger partial charge in [0.25, 0.3) is 0 Å². The van der Waals surface area contributed by atoms with Gasteiger partial charge in [-0.1, -0.05) is 121 Å². The molecule has 0 amide bonds. The van der Waals surface area contributed by atoms with Crippen molar-refractivity contribution in [1.29, 1.82) is 0 Å². The molecule has 220 valence electrons. The molecule has 0 radical (unpaired) electrons. The first-order valence-corrected chi connectivity index (χ1v) is 14.5. The number of hydrogen-bond donors (Lipinski definition) is 0. The van der Waals surface area contributed by atoms with E-state index >= 15 is 0 Å². The Morgan fingerprint density at radius 3 is 1.45 bits per heavy atom. The van der Waals surface area contributed by atoms with Crippen molar-refractivity contribution < 1.29 is 28.4 Å². The first-order valence-electron chi connectivity index (χ1n) is 14.5. The van der Waals surface area contributed by atoms with Gasteiger partial charge in [0.15, 0.2) is 6.29 Å². The predicted molar refractivity (Wildman–Crippen MR) is 161 cm³/mol. The van der Waals surface area contributed by atoms with E-state index in [-0.39, 0.29) is 6.10 Å². The molecular formula is C36H40O6. The van der Waals surface area contributed by atoms with Gasteiger partial charge in [-0.05, 0) is 22.3 Å². The zero-order valence-corrected chi connectivity index (χ0v) is 24.1. The maximum Gasteiger partial charge on any atom is 0.160 e. The van der Waals surface area contributed by atoms with Crippen LogP contribution in [0.4, 0.5) is 0 Å². The van der Waals surface area contributed by atoms with Crippen molar-refractivity contribution >= 4 is 0 Å². The van der Waals surface area contributed by atoms with Crippen molar-refractivity contribution in [3.05, 3.63) is 144 Å². The average molecular weight is 569 g/mol. The van der Waals surface area contributed by atoms with Crippen LogP contribution >= 0.6 is 0 Å². The third-order valence-corrected chi connectivity index (χ3v) is 7.34. The van der Waals surface area contributed by atoms with Crippen molar-refractivity contribution in [2.24, 2.45) is 0 Å². The number of hydrogen-bond acceptors (Lipinski definition) is 6. The van der Waals surface area contributed by atoms with Crippen LogP contribution in [0, 0.1) is 0 Å². The van der Waals surface area contributed by atoms with Gasteiger partial charge in [0.2, 0.25) is 0 Å². The van der Waals surface area contributed by atoms with Crippen LogP contribution in [0.2, 0.25) is 0 Å². The monoisotopic (exact) mass is 568 g/mol. The minimum absolute atomic E-state index is 0.310. The molecule has 1 heterocycles. The third kappa shape index (κ3) is 9.07. The molecule has 5 rings (SSSR count). The van der Waals surface area contributed by atoms with Crippen LogP contribution in [-0.2, 0) is 54.8 Å². The summed E-state index contributed by atoms with van der Waals surface area (Å²) < 4.78 is 38.5. The quantitative estimate of drug-likeness (QED) is 0.168. The second-order valence-corrected chi connectivity index (χ2v) is 10.4. The fraction of sp³-hybridized carbons (Fsp3) is 0.333. The molecule has 0 spiro atoms. The van der Waals surface area contributed by atoms with Crippen LogP contribution in [0.5, 0.6) is 0 Å². The summed E-state index contributed by atoms with van der Waals surface area (Å²) in [7, 11) is 1.66. The first-order chi connectivity index (χ1) is 20.8. The zero-order chi connectivity index (χ0) is 28.8. The topological polar surface area (TPSA) is 55.4 Å². The predicted octanol–water partition coefficient (Wildman–Crippen LogP) is 6.72. The van der Waals surface area contributed by atoms with Crippen molar-refractivity contribution in [1.82, 2.24) is 0 Å². The largest absolute Gasteiger partial charge is 0.374 e. The Kier molecular flexibility index (Phi) is 11.7. The zero-order valence-electron chi connectivity index (χ0n) is 24.1. The van der Waals surface area contributed by atoms with Crippen LogP contribution in [0.15, 0.2) is 121 Å². The molecule has 4 aromatic carbocycles. The minimum Gasteiger partial charge on any atom is -0.374 e. The average Bonchev–Trinajstić information content (AvgIpc) is 3.19. The van der Waals surface area contributed by atoms with E-state index in [0.29, 0.717) is 39.5 Å². The van der Waals surface area contributed by atoms with Gasteiger partial charge in [-0.3, -0.25) is 0 Å². The van der Waals surface area contributed by atoms with Crippen LogP contribution in [0.25, 0.3) is 0 Å². The molecular weight excluding hydrogens is 528 g/mol. The standard InChI is InChI=1S/C36H40O6/c1-37-34-22-32(39-24-29-16-8-3-9-17-29)35(40-25-30-18-10-4-11-19-30)36(41-26-31-20-12-5-13-21-31)33(42-34)27-38-23-28-14-6-2-7-15-28/h2-21,32-36H,22-27H2,1H3/t32-,33+,34?,35-,36+/m0/s1. The van der Waals surface area contributed by atoms with E-state index in [1.807, 2.05) is 72.8 Å². The van der Waals surface area contributed by atoms with Gasteiger partial charge in [-0.2, -0.15) is 0 Å². The highest BCUT2D eigenvalue weighted by Crippen LogP contribution is 2.30. The highest BCUT2D eigenvalue weighted by molar-refractivity contribution is 5.16. The van der Waals surface area contributed by atoms with Crippen LogP contribution < -0.4 is 0 Å². The van der Waals surface area contributed by atoms with E-state index in [2.05, 4.69) is 48.5 Å². The van der Waals surface area contributed by atoms with Gasteiger partial charge in [0.05, 0.1) is 39.1 Å². The third-order valence-electron chi connectivity index (χ3n) is 7.34. The molecule has 0 saturated carbocycles. The molecule has 0 aliphatic carbocycles. The van der Waals surface area contributed by atoms with E-state index in [0.717, 1.165) is 22.3 Å². The summed E-state index contributed by atoms with van der Waals surface area (Å²) in [4.78, 5) is 0. The normalized spacial score (nSPS) is 22.5. The Hall–Kier alpha value is -3.36. The second kappa shape index (κ2) is 16.3. The molecule has 0 bridgehead atoms. The van der Waals surface area contributed by atoms with Gasteiger partial charge in [-0.15, -0.1) is 0 Å². The van der Waals surface area contributed by atoms with Gasteiger partial charge in [0, 0.05) is 13.5 Å². The molecule has 1 saturated heterocycles. The summed E-state index contributed by atoms with van der Waals surface area (Å²) in [5.74, 6) is 0. The lowest BCUT2D eigenvalue weighted by atomic mass is 10.0. The van der Waals surface area contributed by atoms with E-state index in [1.165, 1.54) is 0 Å². The maximum atomic E-state index is 6.70. The Balaban J connectivity index is 1.41. The minimum atomic E-state index is -0.510. The molecule has 1 fully saturated rings. The molecule has 0 aromatic heterocycles. The molecule has 6 heteroatoms. The molecule has 1 unspecified atom stereocenters. The lowest BCUT2D eigenvalue weighted by molar-refractivity contribution is -0.207. The highest BCUT2D eigenvalue weighted by Gasteiger charge is 2.44. The molecule has 5 atom stereocenters. The Morgan fingerprint density at radius 2 is 0.976 bits per heavy atom. The van der Waals surface area contributed by atoms with Gasteiger partial charge in [-0.25, -0.2) is 0 Å². The lowest BCUT2D eigenvalue weighted by Crippen LogP contribution is -2.48. The number of rotatable bonds is 14. The summed E-state index contributed by atoms with van der Waals surface area (Å²) in [5.41, 5.74) is 4.32. The van der Waals surface area contributed by atoms with E-state index in [4.69, 9.17) is 28.4 Å². The number of methoxy groups -OCH3 is 1. The molecule has 6 nitrogen and oxygen atoms in total. The lowest BCUT2D eigenvalue weighted by Gasteiger charge is -2.34. The summed E-state index contributed by atoms with van der Waals surface area (Å²) in [6.07, 6.45) is -1.74. The van der Waals surface area contributed by atoms with Crippen molar-refractivity contribution in [3.8, 4) is 0 Å². The summed E-state index contributed by atoms with van der Waals surface area (Å²) >= 11 is 0. The Morgan fingerprint density at radius 1 is 0.548 bits per heavy atom. The van der Waals surface area contributed by atoms with Crippen molar-refractivity contribution in [2.45, 2.75) is 63.6 Å². The highest BCUT2D eigenvalue weighted by atomic mass is 16.7. The van der Waals surface area contributed by atoms with Crippen LogP contribution in [0.3, 0.4) is 0 Å². The maximum absolute atomic E-state index is 6.70.